The molecule has 0 fully saturated rings. The molecule has 0 aliphatic heterocycles. The topological polar surface area (TPSA) is 0 Å². The van der Waals surface area contributed by atoms with Gasteiger partial charge in [-0.2, -0.15) is 0 Å². The van der Waals surface area contributed by atoms with Crippen LogP contribution in [0.1, 0.15) is 0 Å². The number of benzene rings is 3. The molecule has 3 heteroatoms. The summed E-state index contributed by atoms with van der Waals surface area (Å²) in [6, 6.07) is 26.8. The number of rotatable bonds is 4. The number of thiophene rings is 1. The lowest BCUT2D eigenvalue weighted by atomic mass is 10.0. The SMILES string of the molecule is C[N+](C)(C)c1ccc(-c2sc(-c3ccc([N+](C)(C)C)cc3)c3ccccc23)cc1. The minimum Gasteiger partial charge on any atom is -0.298 e. The maximum atomic E-state index is 2.26. The molecule has 0 spiro atoms. The van der Waals surface area contributed by atoms with Crippen molar-refractivity contribution in [2.75, 3.05) is 42.3 Å². The summed E-state index contributed by atoms with van der Waals surface area (Å²) in [5.41, 5.74) is 5.20. The Balaban J connectivity index is 1.82. The van der Waals surface area contributed by atoms with Gasteiger partial charge in [0.2, 0.25) is 0 Å². The number of fused-ring (bicyclic) bond motifs is 1. The molecule has 4 rings (SSSR count). The molecule has 0 bridgehead atoms. The van der Waals surface area contributed by atoms with Gasteiger partial charge in [-0.15, -0.1) is 11.3 Å². The van der Waals surface area contributed by atoms with Gasteiger partial charge in [-0.05, 0) is 59.7 Å². The highest BCUT2D eigenvalue weighted by atomic mass is 32.1. The Morgan fingerprint density at radius 3 is 1.14 bits per heavy atom. The summed E-state index contributed by atoms with van der Waals surface area (Å²) in [6.07, 6.45) is 0. The first-order valence-corrected chi connectivity index (χ1v) is 10.8. The van der Waals surface area contributed by atoms with Crippen molar-refractivity contribution in [1.29, 1.82) is 0 Å². The number of nitrogens with zero attached hydrogens (tertiary/aromatic N) is 2. The fraction of sp³-hybridized carbons (Fsp3) is 0.231. The van der Waals surface area contributed by atoms with E-state index in [2.05, 4.69) is 115 Å². The second-order valence-electron chi connectivity index (χ2n) is 9.42. The molecule has 0 unspecified atom stereocenters. The second-order valence-corrected chi connectivity index (χ2v) is 10.4. The summed E-state index contributed by atoms with van der Waals surface area (Å²) < 4.78 is 1.66. The van der Waals surface area contributed by atoms with E-state index in [-0.39, 0.29) is 0 Å². The average molecular weight is 403 g/mol. The van der Waals surface area contributed by atoms with Crippen molar-refractivity contribution >= 4 is 33.5 Å². The van der Waals surface area contributed by atoms with Crippen molar-refractivity contribution in [3.8, 4) is 20.9 Å². The largest absolute Gasteiger partial charge is 0.298 e. The molecular weight excluding hydrogens is 372 g/mol. The molecule has 0 saturated heterocycles. The predicted molar refractivity (Wildman–Crippen MR) is 132 cm³/mol. The van der Waals surface area contributed by atoms with Crippen LogP contribution in [0.4, 0.5) is 11.4 Å². The quantitative estimate of drug-likeness (QED) is 0.336. The van der Waals surface area contributed by atoms with Crippen LogP contribution in [0, 0.1) is 0 Å². The van der Waals surface area contributed by atoms with Crippen LogP contribution in [0.2, 0.25) is 0 Å². The third-order valence-corrected chi connectivity index (χ3v) is 6.75. The van der Waals surface area contributed by atoms with Crippen LogP contribution < -0.4 is 8.97 Å². The highest BCUT2D eigenvalue weighted by Crippen LogP contribution is 2.44. The Labute approximate surface area is 178 Å². The van der Waals surface area contributed by atoms with Gasteiger partial charge in [0.1, 0.15) is 11.4 Å². The van der Waals surface area contributed by atoms with Gasteiger partial charge in [0.25, 0.3) is 0 Å². The molecular formula is C26H30N2S+2. The van der Waals surface area contributed by atoms with Gasteiger partial charge in [0, 0.05) is 20.5 Å². The van der Waals surface area contributed by atoms with Crippen molar-refractivity contribution in [1.82, 2.24) is 8.97 Å². The smallest absolute Gasteiger partial charge is 0.132 e. The van der Waals surface area contributed by atoms with Crippen LogP contribution in [0.15, 0.2) is 72.8 Å². The molecule has 1 heterocycles. The maximum absolute atomic E-state index is 2.26. The molecule has 0 radical (unpaired) electrons. The van der Waals surface area contributed by atoms with Crippen LogP contribution in [0.3, 0.4) is 0 Å². The minimum atomic E-state index is 0.829. The molecule has 0 N–H and O–H groups in total. The Morgan fingerprint density at radius 2 is 0.828 bits per heavy atom. The molecule has 148 valence electrons. The van der Waals surface area contributed by atoms with Gasteiger partial charge in [-0.3, -0.25) is 8.97 Å². The van der Waals surface area contributed by atoms with E-state index >= 15 is 0 Å². The summed E-state index contributed by atoms with van der Waals surface area (Å²) >= 11 is 1.90. The maximum Gasteiger partial charge on any atom is 0.132 e. The van der Waals surface area contributed by atoms with Crippen LogP contribution in [-0.4, -0.2) is 42.3 Å². The normalized spacial score (nSPS) is 12.5. The zero-order chi connectivity index (χ0) is 20.8. The first-order valence-electron chi connectivity index (χ1n) is 10.0. The van der Waals surface area contributed by atoms with Crippen molar-refractivity contribution in [2.24, 2.45) is 0 Å². The van der Waals surface area contributed by atoms with Crippen LogP contribution in [0.25, 0.3) is 31.7 Å². The predicted octanol–water partition coefficient (Wildman–Crippen LogP) is 6.63. The van der Waals surface area contributed by atoms with Gasteiger partial charge in [-0.1, -0.05) is 24.3 Å². The van der Waals surface area contributed by atoms with Gasteiger partial charge in [0.05, 0.1) is 42.3 Å². The molecule has 0 aliphatic carbocycles. The summed E-state index contributed by atoms with van der Waals surface area (Å²) in [6.45, 7) is 0. The highest BCUT2D eigenvalue weighted by Gasteiger charge is 2.17. The lowest BCUT2D eigenvalue weighted by molar-refractivity contribution is 0.486. The lowest BCUT2D eigenvalue weighted by Crippen LogP contribution is -2.34. The van der Waals surface area contributed by atoms with E-state index in [1.54, 1.807) is 0 Å². The first-order chi connectivity index (χ1) is 13.6. The highest BCUT2D eigenvalue weighted by molar-refractivity contribution is 7.21. The van der Waals surface area contributed by atoms with E-state index in [1.807, 2.05) is 11.3 Å². The molecule has 2 nitrogen and oxygen atoms in total. The van der Waals surface area contributed by atoms with Crippen LogP contribution in [0.5, 0.6) is 0 Å². The molecule has 1 aromatic heterocycles. The fourth-order valence-corrected chi connectivity index (χ4v) is 4.93. The van der Waals surface area contributed by atoms with E-state index in [1.165, 1.54) is 43.0 Å². The molecule has 3 aromatic carbocycles. The number of hydrogen-bond acceptors (Lipinski definition) is 1. The minimum absolute atomic E-state index is 0.829. The van der Waals surface area contributed by atoms with Crippen LogP contribution in [-0.2, 0) is 0 Å². The summed E-state index contributed by atoms with van der Waals surface area (Å²) in [5.74, 6) is 0. The summed E-state index contributed by atoms with van der Waals surface area (Å²) in [5, 5.41) is 2.67. The van der Waals surface area contributed by atoms with Crippen molar-refractivity contribution in [3.05, 3.63) is 72.8 Å². The monoisotopic (exact) mass is 402 g/mol. The van der Waals surface area contributed by atoms with E-state index in [0.717, 1.165) is 8.97 Å². The van der Waals surface area contributed by atoms with Crippen LogP contribution >= 0.6 is 11.3 Å². The van der Waals surface area contributed by atoms with Crippen molar-refractivity contribution in [2.45, 2.75) is 0 Å². The van der Waals surface area contributed by atoms with E-state index in [0.29, 0.717) is 0 Å². The number of quaternary nitrogens is 2. The van der Waals surface area contributed by atoms with E-state index < -0.39 is 0 Å². The first kappa shape index (κ1) is 19.8. The Kier molecular flexibility index (Phi) is 4.86. The molecule has 4 aromatic rings. The second kappa shape index (κ2) is 7.10. The summed E-state index contributed by atoms with van der Waals surface area (Å²) in [7, 11) is 13.2. The third-order valence-electron chi connectivity index (χ3n) is 5.43. The molecule has 0 aliphatic rings. The Bertz CT molecular complexity index is 1050. The Morgan fingerprint density at radius 1 is 0.483 bits per heavy atom. The van der Waals surface area contributed by atoms with Gasteiger partial charge < -0.3 is 0 Å². The molecule has 29 heavy (non-hydrogen) atoms. The third kappa shape index (κ3) is 3.86. The fourth-order valence-electron chi connectivity index (χ4n) is 3.64. The van der Waals surface area contributed by atoms with Crippen molar-refractivity contribution < 1.29 is 0 Å². The van der Waals surface area contributed by atoms with Gasteiger partial charge >= 0.3 is 0 Å². The Hall–Kier alpha value is -2.46. The molecule has 0 atom stereocenters. The lowest BCUT2D eigenvalue weighted by Gasteiger charge is -2.23. The molecule has 0 amide bonds. The zero-order valence-corrected chi connectivity index (χ0v) is 19.0. The van der Waals surface area contributed by atoms with E-state index in [4.69, 9.17) is 0 Å². The van der Waals surface area contributed by atoms with E-state index in [9.17, 15) is 0 Å². The zero-order valence-electron chi connectivity index (χ0n) is 18.2. The van der Waals surface area contributed by atoms with Crippen molar-refractivity contribution in [3.63, 3.8) is 0 Å². The average Bonchev–Trinajstić information content (AvgIpc) is 3.07. The van der Waals surface area contributed by atoms with Gasteiger partial charge in [-0.25, -0.2) is 0 Å². The summed E-state index contributed by atoms with van der Waals surface area (Å²) in [4.78, 5) is 2.69. The molecule has 0 saturated carbocycles. The van der Waals surface area contributed by atoms with Gasteiger partial charge in [0.15, 0.2) is 0 Å². The standard InChI is InChI=1S/C26H30N2S/c1-27(2,3)21-15-11-19(12-16-21)25-23-9-7-8-10-24(23)26(29-25)20-13-17-22(18-14-20)28(4,5)6/h7-18H,1-6H3/q+2. The number of hydrogen-bond donors (Lipinski definition) is 0.